The smallest absolute Gasteiger partial charge is 0.255 e. The first kappa shape index (κ1) is 16.2. The molecule has 0 aromatic heterocycles. The third kappa shape index (κ3) is 3.03. The van der Waals surface area contributed by atoms with Gasteiger partial charge < -0.3 is 15.3 Å². The molecule has 5 heteroatoms. The van der Waals surface area contributed by atoms with Crippen molar-refractivity contribution in [2.24, 2.45) is 0 Å². The van der Waals surface area contributed by atoms with Gasteiger partial charge in [0.15, 0.2) is 0 Å². The Labute approximate surface area is 140 Å². The number of carbonyl (C=O) groups excluding carboxylic acids is 2. The predicted octanol–water partition coefficient (Wildman–Crippen LogP) is 2.65. The molecule has 1 heterocycles. The van der Waals surface area contributed by atoms with Crippen molar-refractivity contribution in [3.05, 3.63) is 58.7 Å². The summed E-state index contributed by atoms with van der Waals surface area (Å²) in [5.41, 5.74) is 4.84. The summed E-state index contributed by atoms with van der Waals surface area (Å²) in [7, 11) is 0. The van der Waals surface area contributed by atoms with Gasteiger partial charge in [-0.25, -0.2) is 0 Å². The second kappa shape index (κ2) is 6.45. The molecule has 0 spiro atoms. The lowest BCUT2D eigenvalue weighted by atomic mass is 10.1. The van der Waals surface area contributed by atoms with Gasteiger partial charge in [0.1, 0.15) is 0 Å². The van der Waals surface area contributed by atoms with Crippen molar-refractivity contribution in [3.63, 3.8) is 0 Å². The number of anilines is 2. The van der Waals surface area contributed by atoms with E-state index in [1.54, 1.807) is 24.0 Å². The minimum Gasteiger partial charge on any atom is -0.392 e. The molecule has 0 radical (unpaired) electrons. The molecule has 0 unspecified atom stereocenters. The van der Waals surface area contributed by atoms with E-state index < -0.39 is 0 Å². The van der Waals surface area contributed by atoms with Gasteiger partial charge in [0.2, 0.25) is 5.91 Å². The standard InChI is InChI=1S/C19H20N2O3/c1-12-3-4-14(11-22)9-17(12)20-19(24)16-5-6-18-15(10-16)7-8-21(18)13(2)23/h3-6,9-10,22H,7-8,11H2,1-2H3,(H,20,24). The fraction of sp³-hybridized carbons (Fsp3) is 0.263. The number of fused-ring (bicyclic) bond motifs is 1. The van der Waals surface area contributed by atoms with E-state index in [4.69, 9.17) is 0 Å². The van der Waals surface area contributed by atoms with Crippen LogP contribution in [0.3, 0.4) is 0 Å². The molecule has 2 aromatic carbocycles. The van der Waals surface area contributed by atoms with Crippen LogP contribution in [0.15, 0.2) is 36.4 Å². The van der Waals surface area contributed by atoms with Gasteiger partial charge in [0.05, 0.1) is 6.61 Å². The molecule has 0 atom stereocenters. The van der Waals surface area contributed by atoms with Gasteiger partial charge in [-0.15, -0.1) is 0 Å². The number of aliphatic hydroxyl groups is 1. The molecule has 3 rings (SSSR count). The Balaban J connectivity index is 1.83. The largest absolute Gasteiger partial charge is 0.392 e. The lowest BCUT2D eigenvalue weighted by molar-refractivity contribution is -0.116. The second-order valence-corrected chi connectivity index (χ2v) is 6.03. The summed E-state index contributed by atoms with van der Waals surface area (Å²) >= 11 is 0. The van der Waals surface area contributed by atoms with Crippen molar-refractivity contribution in [1.82, 2.24) is 0 Å². The molecule has 2 N–H and O–H groups in total. The second-order valence-electron chi connectivity index (χ2n) is 6.03. The van der Waals surface area contributed by atoms with Crippen LogP contribution in [0.5, 0.6) is 0 Å². The number of aryl methyl sites for hydroxylation is 1. The number of hydrogen-bond donors (Lipinski definition) is 2. The Bertz CT molecular complexity index is 814. The third-order valence-electron chi connectivity index (χ3n) is 4.35. The lowest BCUT2D eigenvalue weighted by Gasteiger charge is -2.15. The minimum atomic E-state index is -0.197. The zero-order valence-electron chi connectivity index (χ0n) is 13.8. The van der Waals surface area contributed by atoms with Crippen LogP contribution >= 0.6 is 0 Å². The highest BCUT2D eigenvalue weighted by molar-refractivity contribution is 6.05. The van der Waals surface area contributed by atoms with Crippen molar-refractivity contribution in [2.45, 2.75) is 26.9 Å². The first-order chi connectivity index (χ1) is 11.5. The van der Waals surface area contributed by atoms with Crippen LogP contribution in [0, 0.1) is 6.92 Å². The average Bonchev–Trinajstić information content (AvgIpc) is 3.00. The SMILES string of the molecule is CC(=O)N1CCc2cc(C(=O)Nc3cc(CO)ccc3C)ccc21. The number of benzene rings is 2. The van der Waals surface area contributed by atoms with Crippen molar-refractivity contribution < 1.29 is 14.7 Å². The van der Waals surface area contributed by atoms with Crippen molar-refractivity contribution in [3.8, 4) is 0 Å². The summed E-state index contributed by atoms with van der Waals surface area (Å²) in [4.78, 5) is 25.8. The maximum absolute atomic E-state index is 12.5. The minimum absolute atomic E-state index is 0.0161. The van der Waals surface area contributed by atoms with Crippen LogP contribution in [-0.2, 0) is 17.8 Å². The molecule has 2 amide bonds. The fourth-order valence-corrected chi connectivity index (χ4v) is 2.97. The molecule has 0 aliphatic carbocycles. The van der Waals surface area contributed by atoms with Gasteiger partial charge in [-0.3, -0.25) is 9.59 Å². The molecule has 2 aromatic rings. The predicted molar refractivity (Wildman–Crippen MR) is 93.2 cm³/mol. The molecule has 124 valence electrons. The molecule has 0 saturated carbocycles. The molecule has 24 heavy (non-hydrogen) atoms. The summed E-state index contributed by atoms with van der Waals surface area (Å²) in [5.74, 6) is -0.181. The number of carbonyl (C=O) groups is 2. The molecule has 5 nitrogen and oxygen atoms in total. The van der Waals surface area contributed by atoms with E-state index in [2.05, 4.69) is 5.32 Å². The Morgan fingerprint density at radius 2 is 2.00 bits per heavy atom. The van der Waals surface area contributed by atoms with Gasteiger partial charge in [0, 0.05) is 30.4 Å². The topological polar surface area (TPSA) is 69.6 Å². The summed E-state index contributed by atoms with van der Waals surface area (Å²) < 4.78 is 0. The number of rotatable bonds is 3. The molecule has 0 bridgehead atoms. The molecule has 0 fully saturated rings. The van der Waals surface area contributed by atoms with Crippen LogP contribution in [0.2, 0.25) is 0 Å². The van der Waals surface area contributed by atoms with Gasteiger partial charge >= 0.3 is 0 Å². The molecule has 1 aliphatic heterocycles. The number of nitrogens with one attached hydrogen (secondary N) is 1. The first-order valence-corrected chi connectivity index (χ1v) is 7.92. The highest BCUT2D eigenvalue weighted by Crippen LogP contribution is 2.29. The van der Waals surface area contributed by atoms with Gasteiger partial charge in [-0.1, -0.05) is 12.1 Å². The molecular formula is C19H20N2O3. The number of nitrogens with zero attached hydrogens (tertiary/aromatic N) is 1. The molecule has 0 saturated heterocycles. The Hall–Kier alpha value is -2.66. The number of aliphatic hydroxyl groups excluding tert-OH is 1. The zero-order valence-corrected chi connectivity index (χ0v) is 13.8. The van der Waals surface area contributed by atoms with Gasteiger partial charge in [-0.2, -0.15) is 0 Å². The van der Waals surface area contributed by atoms with E-state index in [0.29, 0.717) is 17.8 Å². The van der Waals surface area contributed by atoms with Crippen LogP contribution in [0.4, 0.5) is 11.4 Å². The Morgan fingerprint density at radius 3 is 2.71 bits per heavy atom. The molecule has 1 aliphatic rings. The van der Waals surface area contributed by atoms with Crippen LogP contribution in [0.1, 0.15) is 34.0 Å². The van der Waals surface area contributed by atoms with Crippen LogP contribution in [0.25, 0.3) is 0 Å². The molecular weight excluding hydrogens is 304 g/mol. The van der Waals surface area contributed by atoms with E-state index in [0.717, 1.165) is 28.8 Å². The number of amides is 2. The maximum atomic E-state index is 12.5. The van der Waals surface area contributed by atoms with E-state index in [1.165, 1.54) is 0 Å². The van der Waals surface area contributed by atoms with Gasteiger partial charge in [-0.05, 0) is 54.3 Å². The highest BCUT2D eigenvalue weighted by Gasteiger charge is 2.23. The number of hydrogen-bond acceptors (Lipinski definition) is 3. The highest BCUT2D eigenvalue weighted by atomic mass is 16.3. The maximum Gasteiger partial charge on any atom is 0.255 e. The summed E-state index contributed by atoms with van der Waals surface area (Å²) in [6.07, 6.45) is 0.759. The van der Waals surface area contributed by atoms with Crippen molar-refractivity contribution in [1.29, 1.82) is 0 Å². The van der Waals surface area contributed by atoms with Crippen LogP contribution in [-0.4, -0.2) is 23.5 Å². The van der Waals surface area contributed by atoms with E-state index in [-0.39, 0.29) is 18.4 Å². The van der Waals surface area contributed by atoms with Crippen molar-refractivity contribution in [2.75, 3.05) is 16.8 Å². The third-order valence-corrected chi connectivity index (χ3v) is 4.35. The van der Waals surface area contributed by atoms with E-state index in [1.807, 2.05) is 31.2 Å². The summed E-state index contributed by atoms with van der Waals surface area (Å²) in [5, 5.41) is 12.1. The van der Waals surface area contributed by atoms with Gasteiger partial charge in [0.25, 0.3) is 5.91 Å². The lowest BCUT2D eigenvalue weighted by Crippen LogP contribution is -2.25. The zero-order chi connectivity index (χ0) is 17.3. The van der Waals surface area contributed by atoms with Crippen LogP contribution < -0.4 is 10.2 Å². The Kier molecular flexibility index (Phi) is 4.36. The Morgan fingerprint density at radius 1 is 1.21 bits per heavy atom. The normalized spacial score (nSPS) is 12.9. The summed E-state index contributed by atoms with van der Waals surface area (Å²) in [6.45, 7) is 4.05. The van der Waals surface area contributed by atoms with E-state index >= 15 is 0 Å². The first-order valence-electron chi connectivity index (χ1n) is 7.92. The van der Waals surface area contributed by atoms with Crippen molar-refractivity contribution >= 4 is 23.2 Å². The monoisotopic (exact) mass is 324 g/mol. The fourth-order valence-electron chi connectivity index (χ4n) is 2.97. The average molecular weight is 324 g/mol. The van der Waals surface area contributed by atoms with E-state index in [9.17, 15) is 14.7 Å². The quantitative estimate of drug-likeness (QED) is 0.912. The summed E-state index contributed by atoms with van der Waals surface area (Å²) in [6, 6.07) is 10.9.